The molecule has 1 aliphatic rings. The van der Waals surface area contributed by atoms with Gasteiger partial charge >= 0.3 is 0 Å². The van der Waals surface area contributed by atoms with Crippen LogP contribution in [0, 0.1) is 0 Å². The van der Waals surface area contributed by atoms with Crippen molar-refractivity contribution in [3.8, 4) is 5.75 Å². The van der Waals surface area contributed by atoms with Crippen LogP contribution in [-0.2, 0) is 13.0 Å². The number of anilines is 1. The zero-order chi connectivity index (χ0) is 14.3. The van der Waals surface area contributed by atoms with Gasteiger partial charge in [0.25, 0.3) is 0 Å². The molecule has 0 spiro atoms. The van der Waals surface area contributed by atoms with Crippen molar-refractivity contribution in [3.63, 3.8) is 0 Å². The number of fused-ring (bicyclic) bond motifs is 1. The summed E-state index contributed by atoms with van der Waals surface area (Å²) in [6.07, 6.45) is 0.957. The van der Waals surface area contributed by atoms with E-state index in [1.165, 1.54) is 5.56 Å². The van der Waals surface area contributed by atoms with Crippen molar-refractivity contribution in [1.82, 2.24) is 15.0 Å². The first-order chi connectivity index (χ1) is 9.56. The van der Waals surface area contributed by atoms with E-state index in [1.54, 1.807) is 0 Å². The van der Waals surface area contributed by atoms with Crippen LogP contribution in [0.25, 0.3) is 0 Å². The lowest BCUT2D eigenvalue weighted by Crippen LogP contribution is -2.09. The molecular formula is C14H17BrN4O. The summed E-state index contributed by atoms with van der Waals surface area (Å²) in [6.45, 7) is 5.55. The number of benzene rings is 1. The van der Waals surface area contributed by atoms with Gasteiger partial charge in [0.1, 0.15) is 5.75 Å². The Hall–Kier alpha value is -1.56. The number of hydrogen-bond donors (Lipinski definition) is 1. The minimum Gasteiger partial charge on any atom is -0.493 e. The SMILES string of the molecule is CC(C)c1c(N)nnn1Cc1cc(Br)cc2c1OCC2. The Morgan fingerprint density at radius 2 is 2.25 bits per heavy atom. The van der Waals surface area contributed by atoms with E-state index in [0.29, 0.717) is 12.4 Å². The standard InChI is InChI=1S/C14H17BrN4O/c1-8(2)12-14(16)17-18-19(12)7-10-6-11(15)5-9-3-4-20-13(9)10/h5-6,8H,3-4,7,16H2,1-2H3. The van der Waals surface area contributed by atoms with E-state index in [0.717, 1.165) is 34.5 Å². The first-order valence-corrected chi connectivity index (χ1v) is 7.48. The predicted octanol–water partition coefficient (Wildman–Crippen LogP) is 2.73. The molecule has 1 aliphatic heterocycles. The second-order valence-electron chi connectivity index (χ2n) is 5.32. The Kier molecular flexibility index (Phi) is 3.41. The van der Waals surface area contributed by atoms with Crippen LogP contribution >= 0.6 is 15.9 Å². The average molecular weight is 337 g/mol. The summed E-state index contributed by atoms with van der Waals surface area (Å²) in [5.74, 6) is 1.77. The summed E-state index contributed by atoms with van der Waals surface area (Å²) in [4.78, 5) is 0. The van der Waals surface area contributed by atoms with Gasteiger partial charge in [-0.1, -0.05) is 35.0 Å². The minimum absolute atomic E-state index is 0.283. The number of halogens is 1. The first-order valence-electron chi connectivity index (χ1n) is 6.69. The van der Waals surface area contributed by atoms with Gasteiger partial charge in [-0.15, -0.1) is 5.10 Å². The molecule has 0 radical (unpaired) electrons. The first kappa shape index (κ1) is 13.4. The molecule has 1 aromatic heterocycles. The van der Waals surface area contributed by atoms with E-state index in [4.69, 9.17) is 10.5 Å². The molecule has 2 aromatic rings. The molecule has 0 saturated carbocycles. The maximum atomic E-state index is 5.90. The third kappa shape index (κ3) is 2.28. The van der Waals surface area contributed by atoms with E-state index in [2.05, 4.69) is 52.2 Å². The number of nitrogens with zero attached hydrogens (tertiary/aromatic N) is 3. The molecule has 0 unspecified atom stereocenters. The van der Waals surface area contributed by atoms with Gasteiger partial charge in [-0.2, -0.15) is 0 Å². The highest BCUT2D eigenvalue weighted by molar-refractivity contribution is 9.10. The molecule has 3 rings (SSSR count). The highest BCUT2D eigenvalue weighted by atomic mass is 79.9. The van der Waals surface area contributed by atoms with Crippen LogP contribution in [0.4, 0.5) is 5.82 Å². The molecule has 0 fully saturated rings. The van der Waals surface area contributed by atoms with E-state index in [-0.39, 0.29) is 5.92 Å². The Morgan fingerprint density at radius 3 is 3.00 bits per heavy atom. The van der Waals surface area contributed by atoms with Gasteiger partial charge in [-0.05, 0) is 23.6 Å². The molecule has 0 aliphatic carbocycles. The van der Waals surface area contributed by atoms with Crippen molar-refractivity contribution in [3.05, 3.63) is 33.4 Å². The summed E-state index contributed by atoms with van der Waals surface area (Å²) in [5, 5.41) is 8.15. The fourth-order valence-corrected chi connectivity index (χ4v) is 3.22. The number of rotatable bonds is 3. The van der Waals surface area contributed by atoms with E-state index < -0.39 is 0 Å². The van der Waals surface area contributed by atoms with Gasteiger partial charge in [0.05, 0.1) is 18.8 Å². The third-order valence-corrected chi connectivity index (χ3v) is 3.95. The van der Waals surface area contributed by atoms with Gasteiger partial charge in [-0.3, -0.25) is 0 Å². The van der Waals surface area contributed by atoms with Crippen molar-refractivity contribution in [1.29, 1.82) is 0 Å². The van der Waals surface area contributed by atoms with E-state index in [9.17, 15) is 0 Å². The molecule has 0 saturated heterocycles. The lowest BCUT2D eigenvalue weighted by molar-refractivity contribution is 0.352. The van der Waals surface area contributed by atoms with Crippen molar-refractivity contribution in [2.75, 3.05) is 12.3 Å². The van der Waals surface area contributed by atoms with Crippen LogP contribution in [0.3, 0.4) is 0 Å². The zero-order valence-electron chi connectivity index (χ0n) is 11.6. The van der Waals surface area contributed by atoms with Crippen LogP contribution in [-0.4, -0.2) is 21.6 Å². The summed E-state index contributed by atoms with van der Waals surface area (Å²) in [6, 6.07) is 4.19. The Bertz CT molecular complexity index is 651. The Labute approximate surface area is 126 Å². The van der Waals surface area contributed by atoms with Gasteiger partial charge in [0.2, 0.25) is 0 Å². The lowest BCUT2D eigenvalue weighted by Gasteiger charge is -2.12. The third-order valence-electron chi connectivity index (χ3n) is 3.49. The molecule has 2 heterocycles. The van der Waals surface area contributed by atoms with Gasteiger partial charge < -0.3 is 10.5 Å². The van der Waals surface area contributed by atoms with Gasteiger partial charge in [0.15, 0.2) is 5.82 Å². The van der Waals surface area contributed by atoms with Crippen LogP contribution in [0.1, 0.15) is 36.6 Å². The van der Waals surface area contributed by atoms with Crippen LogP contribution in [0.15, 0.2) is 16.6 Å². The summed E-state index contributed by atoms with van der Waals surface area (Å²) in [7, 11) is 0. The number of nitrogen functional groups attached to an aromatic ring is 1. The zero-order valence-corrected chi connectivity index (χ0v) is 13.1. The molecule has 6 heteroatoms. The average Bonchev–Trinajstić information content (AvgIpc) is 2.95. The molecule has 2 N–H and O–H groups in total. The van der Waals surface area contributed by atoms with E-state index >= 15 is 0 Å². The topological polar surface area (TPSA) is 66.0 Å². The number of ether oxygens (including phenoxy) is 1. The number of nitrogens with two attached hydrogens (primary N) is 1. The van der Waals surface area contributed by atoms with Crippen molar-refractivity contribution < 1.29 is 4.74 Å². The minimum atomic E-state index is 0.283. The second-order valence-corrected chi connectivity index (χ2v) is 6.24. The molecule has 20 heavy (non-hydrogen) atoms. The Morgan fingerprint density at radius 1 is 1.45 bits per heavy atom. The smallest absolute Gasteiger partial charge is 0.169 e. The number of hydrogen-bond acceptors (Lipinski definition) is 4. The molecule has 5 nitrogen and oxygen atoms in total. The van der Waals surface area contributed by atoms with Gasteiger partial charge in [0, 0.05) is 16.5 Å². The lowest BCUT2D eigenvalue weighted by atomic mass is 10.1. The van der Waals surface area contributed by atoms with Crippen LogP contribution in [0.2, 0.25) is 0 Å². The monoisotopic (exact) mass is 336 g/mol. The summed E-state index contributed by atoms with van der Waals surface area (Å²) >= 11 is 3.56. The largest absolute Gasteiger partial charge is 0.493 e. The van der Waals surface area contributed by atoms with Crippen molar-refractivity contribution in [2.24, 2.45) is 0 Å². The highest BCUT2D eigenvalue weighted by Gasteiger charge is 2.20. The summed E-state index contributed by atoms with van der Waals surface area (Å²) < 4.78 is 8.68. The molecule has 0 atom stereocenters. The Balaban J connectivity index is 2.00. The molecule has 0 bridgehead atoms. The van der Waals surface area contributed by atoms with Gasteiger partial charge in [-0.25, -0.2) is 4.68 Å². The normalized spacial score (nSPS) is 13.6. The second kappa shape index (κ2) is 5.09. The van der Waals surface area contributed by atoms with Crippen molar-refractivity contribution >= 4 is 21.7 Å². The fraction of sp³-hybridized carbons (Fsp3) is 0.429. The van der Waals surface area contributed by atoms with Crippen LogP contribution < -0.4 is 10.5 Å². The molecule has 0 amide bonds. The highest BCUT2D eigenvalue weighted by Crippen LogP contribution is 2.34. The van der Waals surface area contributed by atoms with E-state index in [1.807, 2.05) is 4.68 Å². The van der Waals surface area contributed by atoms with Crippen molar-refractivity contribution in [2.45, 2.75) is 32.7 Å². The van der Waals surface area contributed by atoms with Crippen LogP contribution in [0.5, 0.6) is 5.75 Å². The summed E-state index contributed by atoms with van der Waals surface area (Å²) in [5.41, 5.74) is 9.23. The maximum absolute atomic E-state index is 5.90. The maximum Gasteiger partial charge on any atom is 0.169 e. The molecule has 1 aromatic carbocycles. The fourth-order valence-electron chi connectivity index (χ4n) is 2.67. The number of aromatic nitrogens is 3. The molecular weight excluding hydrogens is 320 g/mol. The molecule has 106 valence electrons. The predicted molar refractivity (Wildman–Crippen MR) is 81.0 cm³/mol. The quantitative estimate of drug-likeness (QED) is 0.935.